The Labute approximate surface area is 398 Å². The lowest BCUT2D eigenvalue weighted by Crippen LogP contribution is -2.28. The Morgan fingerprint density at radius 1 is 0.358 bits per heavy atom. The third kappa shape index (κ3) is 6.53. The van der Waals surface area contributed by atoms with Gasteiger partial charge >= 0.3 is 0 Å². The first-order valence-electron chi connectivity index (χ1n) is 22.8. The molecule has 2 nitrogen and oxygen atoms in total. The first kappa shape index (κ1) is 40.8. The highest BCUT2D eigenvalue weighted by Gasteiger charge is 2.46. The third-order valence-electron chi connectivity index (χ3n) is 13.8. The Morgan fingerprint density at radius 2 is 0.896 bits per heavy atom. The van der Waals surface area contributed by atoms with Gasteiger partial charge < -0.3 is 9.47 Å². The number of fused-ring (bicyclic) bond motifs is 9. The number of nitrogens with zero attached hydrogens (tertiary/aromatic N) is 2. The van der Waals surface area contributed by atoms with E-state index in [-0.39, 0.29) is 0 Å². The van der Waals surface area contributed by atoms with Crippen LogP contribution in [-0.2, 0) is 5.41 Å². The maximum Gasteiger partial charge on any atom is 0.0714 e. The number of para-hydroxylation sites is 2. The molecule has 67 heavy (non-hydrogen) atoms. The van der Waals surface area contributed by atoms with Crippen LogP contribution in [0.3, 0.4) is 0 Å². The van der Waals surface area contributed by atoms with E-state index in [1.807, 2.05) is 0 Å². The molecule has 1 unspecified atom stereocenters. The van der Waals surface area contributed by atoms with Gasteiger partial charge in [-0.15, -0.1) is 0 Å². The van der Waals surface area contributed by atoms with Gasteiger partial charge in [-0.25, -0.2) is 0 Å². The van der Waals surface area contributed by atoms with Crippen molar-refractivity contribution in [2.45, 2.75) is 5.41 Å². The van der Waals surface area contributed by atoms with Crippen molar-refractivity contribution < 1.29 is 0 Å². The van der Waals surface area contributed by atoms with Gasteiger partial charge in [-0.3, -0.25) is 0 Å². The Bertz CT molecular complexity index is 3690. The maximum absolute atomic E-state index is 3.44. The van der Waals surface area contributed by atoms with Gasteiger partial charge in [0.25, 0.3) is 0 Å². The number of anilines is 3. The molecule has 0 spiro atoms. The van der Waals surface area contributed by atoms with E-state index >= 15 is 0 Å². The average Bonchev–Trinajstić information content (AvgIpc) is 3.89. The zero-order chi connectivity index (χ0) is 44.9. The van der Waals surface area contributed by atoms with Gasteiger partial charge in [-0.05, 0) is 133 Å². The van der Waals surface area contributed by atoms with Crippen molar-refractivity contribution in [3.05, 3.63) is 277 Å². The van der Waals surface area contributed by atoms with Gasteiger partial charge in [0.05, 0.1) is 16.4 Å². The second-order valence-corrected chi connectivity index (χ2v) is 17.2. The van der Waals surface area contributed by atoms with Crippen molar-refractivity contribution in [3.8, 4) is 27.9 Å². The Balaban J connectivity index is 0.00000231. The number of benzene rings is 11. The molecule has 1 aliphatic rings. The number of aromatic nitrogens is 1. The molecule has 0 saturated carbocycles. The topological polar surface area (TPSA) is 8.17 Å². The summed E-state index contributed by atoms with van der Waals surface area (Å²) in [5, 5.41) is 7.43. The van der Waals surface area contributed by atoms with Crippen LogP contribution in [-0.4, -0.2) is 4.57 Å². The van der Waals surface area contributed by atoms with Crippen LogP contribution in [0.25, 0.3) is 71.3 Å². The van der Waals surface area contributed by atoms with E-state index in [4.69, 9.17) is 0 Å². The van der Waals surface area contributed by atoms with Gasteiger partial charge in [-0.2, -0.15) is 12.2 Å². The van der Waals surface area contributed by atoms with Crippen LogP contribution >= 0.6 is 20.7 Å². The predicted octanol–water partition coefficient (Wildman–Crippen LogP) is 17.3. The second-order valence-electron chi connectivity index (χ2n) is 17.2. The van der Waals surface area contributed by atoms with Crippen molar-refractivity contribution >= 4 is 81.1 Å². The Hall–Kier alpha value is -7.68. The van der Waals surface area contributed by atoms with Crippen molar-refractivity contribution in [1.29, 1.82) is 0 Å². The first-order valence-corrected chi connectivity index (χ1v) is 24.8. The smallest absolute Gasteiger partial charge is 0.0714 e. The minimum Gasteiger partial charge on any atom is -0.310 e. The molecule has 0 saturated heterocycles. The third-order valence-corrected chi connectivity index (χ3v) is 13.8. The van der Waals surface area contributed by atoms with Gasteiger partial charge in [0.2, 0.25) is 0 Å². The molecule has 0 aliphatic heterocycles. The molecule has 0 radical (unpaired) electrons. The molecule has 0 N–H and O–H groups in total. The predicted molar refractivity (Wildman–Crippen MR) is 292 cm³/mol. The van der Waals surface area contributed by atoms with Crippen LogP contribution in [0, 0.1) is 0 Å². The molecule has 4 heteroatoms. The number of thiol groups is 1. The Kier molecular flexibility index (Phi) is 10.3. The summed E-state index contributed by atoms with van der Waals surface area (Å²) in [6.45, 7) is 0. The zero-order valence-corrected chi connectivity index (χ0v) is 38.7. The first-order chi connectivity index (χ1) is 33.3. The molecule has 1 atom stereocenters. The fraction of sp³-hybridized carbons (Fsp3) is 0.0159. The van der Waals surface area contributed by atoms with Gasteiger partial charge in [0.1, 0.15) is 0 Å². The van der Waals surface area contributed by atoms with Gasteiger partial charge in [-0.1, -0.05) is 196 Å². The largest absolute Gasteiger partial charge is 0.310 e. The Morgan fingerprint density at radius 3 is 1.57 bits per heavy atom. The monoisotopic (exact) mass is 892 g/mol. The SMILES string of the molecule is PS.c1ccc(N(c2ccccc2)c2cccc(-c3cc4c(c5ccccc35)c3cc5ccccc5cc3n4-c3ccc4c(c3)C(c3ccccc3)(c3ccccc3)c3ccccc3-4)c2)cc1. The fourth-order valence-electron chi connectivity index (χ4n) is 11.1. The number of hydrogen-bond acceptors (Lipinski definition) is 2. The summed E-state index contributed by atoms with van der Waals surface area (Å²) in [5.74, 6) is 0. The molecular formula is C63H45N2PS. The quantitative estimate of drug-likeness (QED) is 0.124. The molecule has 1 aliphatic carbocycles. The molecule has 1 heterocycles. The van der Waals surface area contributed by atoms with Crippen molar-refractivity contribution in [3.63, 3.8) is 0 Å². The normalized spacial score (nSPS) is 12.4. The molecule has 13 rings (SSSR count). The zero-order valence-electron chi connectivity index (χ0n) is 36.7. The van der Waals surface area contributed by atoms with Crippen molar-refractivity contribution in [2.75, 3.05) is 4.90 Å². The highest BCUT2D eigenvalue weighted by Crippen LogP contribution is 2.57. The molecule has 318 valence electrons. The van der Waals surface area contributed by atoms with Crippen LogP contribution in [0.2, 0.25) is 0 Å². The minimum absolute atomic E-state index is 0.516. The van der Waals surface area contributed by atoms with Crippen molar-refractivity contribution in [1.82, 2.24) is 4.57 Å². The van der Waals surface area contributed by atoms with E-state index in [2.05, 4.69) is 285 Å². The molecule has 1 aromatic heterocycles. The van der Waals surface area contributed by atoms with Gasteiger partial charge in [0, 0.05) is 33.5 Å². The van der Waals surface area contributed by atoms with Crippen LogP contribution in [0.1, 0.15) is 22.3 Å². The summed E-state index contributed by atoms with van der Waals surface area (Å²) in [6, 6.07) is 93.9. The van der Waals surface area contributed by atoms with Crippen LogP contribution in [0.5, 0.6) is 0 Å². The summed E-state index contributed by atoms with van der Waals surface area (Å²) >= 11 is 3.44. The van der Waals surface area contributed by atoms with E-state index in [1.54, 1.807) is 0 Å². The minimum atomic E-state index is -0.516. The van der Waals surface area contributed by atoms with E-state index < -0.39 is 5.41 Å². The van der Waals surface area contributed by atoms with Crippen LogP contribution < -0.4 is 4.90 Å². The maximum atomic E-state index is 3.44. The second kappa shape index (κ2) is 17.0. The molecule has 0 amide bonds. The molecular weight excluding hydrogens is 848 g/mol. The van der Waals surface area contributed by atoms with E-state index in [0.29, 0.717) is 0 Å². The van der Waals surface area contributed by atoms with Gasteiger partial charge in [0.15, 0.2) is 0 Å². The highest BCUT2D eigenvalue weighted by molar-refractivity contribution is 8.31. The van der Waals surface area contributed by atoms with Crippen molar-refractivity contribution in [2.24, 2.45) is 0 Å². The molecule has 0 bridgehead atoms. The van der Waals surface area contributed by atoms with E-state index in [1.165, 1.54) is 82.3 Å². The summed E-state index contributed by atoms with van der Waals surface area (Å²) in [6.07, 6.45) is 0. The summed E-state index contributed by atoms with van der Waals surface area (Å²) in [7, 11) is 2.11. The molecule has 12 aromatic rings. The lowest BCUT2D eigenvalue weighted by molar-refractivity contribution is 0.767. The van der Waals surface area contributed by atoms with Crippen LogP contribution in [0.15, 0.2) is 255 Å². The van der Waals surface area contributed by atoms with E-state index in [0.717, 1.165) is 28.3 Å². The van der Waals surface area contributed by atoms with Crippen LogP contribution in [0.4, 0.5) is 17.1 Å². The summed E-state index contributed by atoms with van der Waals surface area (Å²) in [5.41, 5.74) is 16.4. The number of rotatable bonds is 7. The lowest BCUT2D eigenvalue weighted by atomic mass is 9.67. The highest BCUT2D eigenvalue weighted by atomic mass is 32.7. The fourth-order valence-corrected chi connectivity index (χ4v) is 11.1. The summed E-state index contributed by atoms with van der Waals surface area (Å²) < 4.78 is 2.54. The standard InChI is InChI=1S/C63H42N2.H3PS/c1-5-23-46(24-6-1)63(47-25-7-2-8-26-47)58-35-18-17-33-53(58)54-37-36-51(41-59(54)63)65-60-40-44-21-14-13-20-43(44)39-57(60)62-55-34-16-15-32-52(55)56(42-61(62)65)45-22-19-31-50(38-45)64(48-27-9-3-10-28-48)49-29-11-4-12-30-49;1-2/h1-42H;2H,1H2. The molecule has 11 aromatic carbocycles. The number of hydrogen-bond donors (Lipinski definition) is 1. The lowest BCUT2D eigenvalue weighted by Gasteiger charge is -2.34. The molecule has 0 fully saturated rings. The van der Waals surface area contributed by atoms with E-state index in [9.17, 15) is 0 Å². The summed E-state index contributed by atoms with van der Waals surface area (Å²) in [4.78, 5) is 2.35. The average molecular weight is 893 g/mol.